The Labute approximate surface area is 71.0 Å². The second-order valence-corrected chi connectivity index (χ2v) is 2.86. The van der Waals surface area contributed by atoms with E-state index in [-0.39, 0.29) is 5.78 Å². The molecule has 0 spiro atoms. The van der Waals surface area contributed by atoms with Crippen molar-refractivity contribution in [1.82, 2.24) is 0 Å². The van der Waals surface area contributed by atoms with E-state index in [0.29, 0.717) is 5.76 Å². The van der Waals surface area contributed by atoms with Gasteiger partial charge < -0.3 is 9.52 Å². The quantitative estimate of drug-likeness (QED) is 0.744. The summed E-state index contributed by atoms with van der Waals surface area (Å²) in [5.74, 6) is -0.00671. The first kappa shape index (κ1) is 9.00. The van der Waals surface area contributed by atoms with Crippen molar-refractivity contribution in [1.29, 1.82) is 0 Å². The van der Waals surface area contributed by atoms with E-state index >= 15 is 0 Å². The summed E-state index contributed by atoms with van der Waals surface area (Å²) in [6.45, 7) is 3.13. The number of ketones is 1. The van der Waals surface area contributed by atoms with Gasteiger partial charge in [0.1, 0.15) is 17.6 Å². The smallest absolute Gasteiger partial charge is 0.135 e. The Morgan fingerprint density at radius 2 is 2.33 bits per heavy atom. The molecule has 0 radical (unpaired) electrons. The lowest BCUT2D eigenvalue weighted by molar-refractivity contribution is -0.124. The Balaban J connectivity index is 2.71. The van der Waals surface area contributed by atoms with E-state index in [4.69, 9.17) is 4.42 Å². The van der Waals surface area contributed by atoms with E-state index in [1.54, 1.807) is 19.1 Å². The minimum absolute atomic E-state index is 0.0427. The first-order valence-corrected chi connectivity index (χ1v) is 3.85. The molecule has 0 saturated carbocycles. The van der Waals surface area contributed by atoms with E-state index in [9.17, 15) is 9.90 Å². The van der Waals surface area contributed by atoms with Crippen LogP contribution in [0.3, 0.4) is 0 Å². The largest absolute Gasteiger partial charge is 0.467 e. The highest BCUT2D eigenvalue weighted by molar-refractivity contribution is 5.78. The summed E-state index contributed by atoms with van der Waals surface area (Å²) in [6.07, 6.45) is 0.656. The van der Waals surface area contributed by atoms with Gasteiger partial charge in [-0.05, 0) is 19.1 Å². The van der Waals surface area contributed by atoms with Crippen molar-refractivity contribution in [2.45, 2.75) is 20.0 Å². The van der Waals surface area contributed by atoms with Gasteiger partial charge in [0.25, 0.3) is 0 Å². The molecule has 0 aliphatic rings. The number of hydrogen-bond acceptors (Lipinski definition) is 3. The third-order valence-corrected chi connectivity index (χ3v) is 1.95. The molecular formula is C9H12O3. The lowest BCUT2D eigenvalue weighted by Crippen LogP contribution is -2.15. The molecule has 1 aromatic rings. The molecule has 0 bridgehead atoms. The highest BCUT2D eigenvalue weighted by atomic mass is 16.4. The highest BCUT2D eigenvalue weighted by Gasteiger charge is 2.21. The van der Waals surface area contributed by atoms with Crippen LogP contribution in [0.2, 0.25) is 0 Å². The number of aliphatic hydroxyl groups is 1. The summed E-state index contributed by atoms with van der Waals surface area (Å²) in [5.41, 5.74) is 0. The Morgan fingerprint density at radius 3 is 2.75 bits per heavy atom. The Hall–Kier alpha value is -1.09. The first-order chi connectivity index (χ1) is 5.63. The summed E-state index contributed by atoms with van der Waals surface area (Å²) < 4.78 is 4.96. The fourth-order valence-electron chi connectivity index (χ4n) is 0.928. The molecule has 2 atom stereocenters. The molecule has 1 rings (SSSR count). The van der Waals surface area contributed by atoms with Crippen LogP contribution in [-0.4, -0.2) is 10.9 Å². The highest BCUT2D eigenvalue weighted by Crippen LogP contribution is 2.22. The average Bonchev–Trinajstić information content (AvgIpc) is 2.53. The van der Waals surface area contributed by atoms with Crippen molar-refractivity contribution in [2.75, 3.05) is 0 Å². The maximum Gasteiger partial charge on any atom is 0.135 e. The van der Waals surface area contributed by atoms with Crippen LogP contribution < -0.4 is 0 Å². The first-order valence-electron chi connectivity index (χ1n) is 3.85. The average molecular weight is 168 g/mol. The summed E-state index contributed by atoms with van der Waals surface area (Å²) in [7, 11) is 0. The van der Waals surface area contributed by atoms with Crippen molar-refractivity contribution >= 4 is 5.78 Å². The molecule has 0 amide bonds. The van der Waals surface area contributed by atoms with Gasteiger partial charge in [-0.25, -0.2) is 0 Å². The Kier molecular flexibility index (Phi) is 2.65. The zero-order valence-corrected chi connectivity index (χ0v) is 7.15. The molecule has 66 valence electrons. The Morgan fingerprint density at radius 1 is 1.67 bits per heavy atom. The second kappa shape index (κ2) is 3.54. The van der Waals surface area contributed by atoms with Gasteiger partial charge in [0.2, 0.25) is 0 Å². The summed E-state index contributed by atoms with van der Waals surface area (Å²) in [6, 6.07) is 3.34. The standard InChI is InChI=1S/C9H12O3/c1-6(7(2)10)9(11)8-4-3-5-12-8/h3-6,9,11H,1-2H3/t6?,9-/m1/s1. The maximum absolute atomic E-state index is 10.9. The number of Topliss-reactive ketones (excluding diaryl/α,β-unsaturated/α-hetero) is 1. The molecular weight excluding hydrogens is 156 g/mol. The topological polar surface area (TPSA) is 50.4 Å². The summed E-state index contributed by atoms with van der Waals surface area (Å²) in [5, 5.41) is 9.53. The molecule has 1 unspecified atom stereocenters. The normalized spacial score (nSPS) is 15.6. The lowest BCUT2D eigenvalue weighted by atomic mass is 9.99. The zero-order valence-electron chi connectivity index (χ0n) is 7.15. The van der Waals surface area contributed by atoms with Gasteiger partial charge in [-0.1, -0.05) is 6.92 Å². The van der Waals surface area contributed by atoms with Crippen LogP contribution in [0, 0.1) is 5.92 Å². The molecule has 0 fully saturated rings. The van der Waals surface area contributed by atoms with Gasteiger partial charge in [-0.3, -0.25) is 4.79 Å². The number of aliphatic hydroxyl groups excluding tert-OH is 1. The Bertz CT molecular complexity index is 251. The van der Waals surface area contributed by atoms with Gasteiger partial charge in [0, 0.05) is 5.92 Å². The van der Waals surface area contributed by atoms with E-state index in [1.807, 2.05) is 0 Å². The molecule has 1 N–H and O–H groups in total. The minimum Gasteiger partial charge on any atom is -0.467 e. The van der Waals surface area contributed by atoms with E-state index in [1.165, 1.54) is 13.2 Å². The fraction of sp³-hybridized carbons (Fsp3) is 0.444. The van der Waals surface area contributed by atoms with Crippen LogP contribution in [0.4, 0.5) is 0 Å². The number of rotatable bonds is 3. The molecule has 0 saturated heterocycles. The van der Waals surface area contributed by atoms with Crippen molar-refractivity contribution in [3.63, 3.8) is 0 Å². The third kappa shape index (κ3) is 1.74. The molecule has 3 nitrogen and oxygen atoms in total. The third-order valence-electron chi connectivity index (χ3n) is 1.95. The van der Waals surface area contributed by atoms with Gasteiger partial charge in [0.15, 0.2) is 0 Å². The molecule has 1 heterocycles. The van der Waals surface area contributed by atoms with E-state index in [0.717, 1.165) is 0 Å². The summed E-state index contributed by atoms with van der Waals surface area (Å²) >= 11 is 0. The molecule has 1 aromatic heterocycles. The predicted octanol–water partition coefficient (Wildman–Crippen LogP) is 1.54. The second-order valence-electron chi connectivity index (χ2n) is 2.86. The SMILES string of the molecule is CC(=O)C(C)[C@@H](O)c1ccco1. The van der Waals surface area contributed by atoms with Crippen molar-refractivity contribution in [2.24, 2.45) is 5.92 Å². The fourth-order valence-corrected chi connectivity index (χ4v) is 0.928. The van der Waals surface area contributed by atoms with Crippen LogP contribution in [0.25, 0.3) is 0 Å². The number of carbonyl (C=O) groups excluding carboxylic acids is 1. The summed E-state index contributed by atoms with van der Waals surface area (Å²) in [4.78, 5) is 10.9. The number of carbonyl (C=O) groups is 1. The molecule has 0 aromatic carbocycles. The minimum atomic E-state index is -0.822. The number of furan rings is 1. The molecule has 3 heteroatoms. The van der Waals surface area contributed by atoms with Crippen LogP contribution in [0.5, 0.6) is 0 Å². The van der Waals surface area contributed by atoms with Gasteiger partial charge in [0.05, 0.1) is 6.26 Å². The van der Waals surface area contributed by atoms with Crippen LogP contribution >= 0.6 is 0 Å². The van der Waals surface area contributed by atoms with Crippen LogP contribution in [-0.2, 0) is 4.79 Å². The van der Waals surface area contributed by atoms with Crippen molar-refractivity contribution in [3.05, 3.63) is 24.2 Å². The predicted molar refractivity (Wildman–Crippen MR) is 43.5 cm³/mol. The van der Waals surface area contributed by atoms with Crippen LogP contribution in [0.15, 0.2) is 22.8 Å². The van der Waals surface area contributed by atoms with E-state index in [2.05, 4.69) is 0 Å². The zero-order chi connectivity index (χ0) is 9.14. The van der Waals surface area contributed by atoms with E-state index < -0.39 is 12.0 Å². The lowest BCUT2D eigenvalue weighted by Gasteiger charge is -2.12. The van der Waals surface area contributed by atoms with Crippen LogP contribution in [0.1, 0.15) is 25.7 Å². The van der Waals surface area contributed by atoms with Gasteiger partial charge >= 0.3 is 0 Å². The molecule has 12 heavy (non-hydrogen) atoms. The van der Waals surface area contributed by atoms with Crippen molar-refractivity contribution < 1.29 is 14.3 Å². The molecule has 0 aliphatic carbocycles. The maximum atomic E-state index is 10.9. The van der Waals surface area contributed by atoms with Gasteiger partial charge in [-0.2, -0.15) is 0 Å². The molecule has 0 aliphatic heterocycles. The van der Waals surface area contributed by atoms with Crippen molar-refractivity contribution in [3.8, 4) is 0 Å². The van der Waals surface area contributed by atoms with Gasteiger partial charge in [-0.15, -0.1) is 0 Å². The monoisotopic (exact) mass is 168 g/mol. The number of hydrogen-bond donors (Lipinski definition) is 1.